The SMILES string of the molecule is Oc1c(C(F)F)ccnc1OC(F)(F)F. The van der Waals surface area contributed by atoms with E-state index in [-0.39, 0.29) is 0 Å². The highest BCUT2D eigenvalue weighted by molar-refractivity contribution is 5.40. The Bertz CT molecular complexity index is 352. The Morgan fingerprint density at radius 3 is 2.40 bits per heavy atom. The summed E-state index contributed by atoms with van der Waals surface area (Å²) in [6.45, 7) is 0. The molecule has 1 N–H and O–H groups in total. The van der Waals surface area contributed by atoms with Gasteiger partial charge in [-0.25, -0.2) is 13.8 Å². The summed E-state index contributed by atoms with van der Waals surface area (Å²) in [7, 11) is 0. The van der Waals surface area contributed by atoms with Gasteiger partial charge in [-0.2, -0.15) is 0 Å². The third kappa shape index (κ3) is 2.93. The molecule has 0 bridgehead atoms. The van der Waals surface area contributed by atoms with Crippen LogP contribution in [0.2, 0.25) is 0 Å². The van der Waals surface area contributed by atoms with Crippen LogP contribution in [0.3, 0.4) is 0 Å². The number of aromatic hydroxyl groups is 1. The fraction of sp³-hybridized carbons (Fsp3) is 0.286. The lowest BCUT2D eigenvalue weighted by molar-refractivity contribution is -0.276. The minimum atomic E-state index is -5.09. The number of hydrogen-bond donors (Lipinski definition) is 1. The van der Waals surface area contributed by atoms with Gasteiger partial charge >= 0.3 is 6.36 Å². The van der Waals surface area contributed by atoms with E-state index in [9.17, 15) is 22.0 Å². The van der Waals surface area contributed by atoms with E-state index in [2.05, 4.69) is 9.72 Å². The van der Waals surface area contributed by atoms with Crippen molar-refractivity contribution in [3.63, 3.8) is 0 Å². The van der Waals surface area contributed by atoms with Gasteiger partial charge < -0.3 is 9.84 Å². The van der Waals surface area contributed by atoms with Gasteiger partial charge in [0.1, 0.15) is 0 Å². The first kappa shape index (κ1) is 11.5. The Morgan fingerprint density at radius 2 is 1.93 bits per heavy atom. The third-order valence-corrected chi connectivity index (χ3v) is 1.37. The second-order valence-electron chi connectivity index (χ2n) is 2.40. The highest BCUT2D eigenvalue weighted by Crippen LogP contribution is 2.36. The van der Waals surface area contributed by atoms with Crippen LogP contribution in [-0.2, 0) is 0 Å². The lowest BCUT2D eigenvalue weighted by Crippen LogP contribution is -2.18. The quantitative estimate of drug-likeness (QED) is 0.792. The van der Waals surface area contributed by atoms with Crippen LogP contribution in [0.5, 0.6) is 11.6 Å². The van der Waals surface area contributed by atoms with Crippen molar-refractivity contribution in [2.24, 2.45) is 0 Å². The van der Waals surface area contributed by atoms with E-state index in [1.165, 1.54) is 0 Å². The number of alkyl halides is 5. The topological polar surface area (TPSA) is 42.4 Å². The summed E-state index contributed by atoms with van der Waals surface area (Å²) in [5, 5.41) is 8.96. The van der Waals surface area contributed by atoms with E-state index in [4.69, 9.17) is 5.11 Å². The smallest absolute Gasteiger partial charge is 0.503 e. The summed E-state index contributed by atoms with van der Waals surface area (Å²) in [6, 6.07) is 0.698. The number of aromatic nitrogens is 1. The summed E-state index contributed by atoms with van der Waals surface area (Å²) in [4.78, 5) is 2.98. The highest BCUT2D eigenvalue weighted by atomic mass is 19.4. The first-order chi connectivity index (χ1) is 6.81. The molecule has 0 aromatic carbocycles. The Hall–Kier alpha value is -1.60. The number of halogens is 5. The van der Waals surface area contributed by atoms with E-state index < -0.39 is 30.0 Å². The number of ether oxygens (including phenoxy) is 1. The normalized spacial score (nSPS) is 11.9. The highest BCUT2D eigenvalue weighted by Gasteiger charge is 2.34. The van der Waals surface area contributed by atoms with Crippen LogP contribution in [0, 0.1) is 0 Å². The monoisotopic (exact) mass is 229 g/mol. The van der Waals surface area contributed by atoms with Gasteiger partial charge in [-0.05, 0) is 6.07 Å². The zero-order valence-electron chi connectivity index (χ0n) is 6.92. The zero-order valence-corrected chi connectivity index (χ0v) is 6.92. The largest absolute Gasteiger partial charge is 0.574 e. The standard InChI is InChI=1S/C7H4F5NO2/c8-5(9)3-1-2-13-6(4(3)14)15-7(10,11)12/h1-2,5,14H. The van der Waals surface area contributed by atoms with Gasteiger partial charge in [0.05, 0.1) is 5.56 Å². The van der Waals surface area contributed by atoms with E-state index in [0.29, 0.717) is 12.3 Å². The minimum absolute atomic E-state index is 0.683. The van der Waals surface area contributed by atoms with E-state index in [1.54, 1.807) is 0 Å². The maximum Gasteiger partial charge on any atom is 0.574 e. The molecule has 1 aromatic heterocycles. The summed E-state index contributed by atoms with van der Waals surface area (Å²) in [5.74, 6) is -2.61. The van der Waals surface area contributed by atoms with Gasteiger partial charge in [0.15, 0.2) is 5.75 Å². The van der Waals surface area contributed by atoms with Gasteiger partial charge in [0.2, 0.25) is 0 Å². The molecule has 0 amide bonds. The van der Waals surface area contributed by atoms with Gasteiger partial charge in [-0.15, -0.1) is 13.2 Å². The van der Waals surface area contributed by atoms with Crippen LogP contribution >= 0.6 is 0 Å². The summed E-state index contributed by atoms with van der Waals surface area (Å²) in [6.07, 6.45) is -7.52. The fourth-order valence-electron chi connectivity index (χ4n) is 0.809. The molecular formula is C7H4F5NO2. The van der Waals surface area contributed by atoms with E-state index in [1.807, 2.05) is 0 Å². The van der Waals surface area contributed by atoms with Crippen molar-refractivity contribution in [3.05, 3.63) is 17.8 Å². The number of nitrogens with zero attached hydrogens (tertiary/aromatic N) is 1. The molecule has 1 aromatic rings. The minimum Gasteiger partial charge on any atom is -0.503 e. The molecule has 0 saturated heterocycles. The lowest BCUT2D eigenvalue weighted by atomic mass is 10.2. The molecule has 0 aliphatic heterocycles. The van der Waals surface area contributed by atoms with Crippen molar-refractivity contribution in [2.75, 3.05) is 0 Å². The third-order valence-electron chi connectivity index (χ3n) is 1.37. The second-order valence-corrected chi connectivity index (χ2v) is 2.40. The molecule has 0 radical (unpaired) electrons. The predicted molar refractivity (Wildman–Crippen MR) is 37.5 cm³/mol. The van der Waals surface area contributed by atoms with Crippen LogP contribution in [0.1, 0.15) is 12.0 Å². The van der Waals surface area contributed by atoms with Gasteiger partial charge in [0.25, 0.3) is 12.3 Å². The Morgan fingerprint density at radius 1 is 1.33 bits per heavy atom. The average molecular weight is 229 g/mol. The lowest BCUT2D eigenvalue weighted by Gasteiger charge is -2.10. The predicted octanol–water partition coefficient (Wildman–Crippen LogP) is 2.62. The first-order valence-electron chi connectivity index (χ1n) is 3.53. The maximum atomic E-state index is 12.1. The Labute approximate surface area is 80.1 Å². The van der Waals surface area contributed by atoms with E-state index in [0.717, 1.165) is 0 Å². The molecule has 0 spiro atoms. The van der Waals surface area contributed by atoms with Gasteiger partial charge in [0, 0.05) is 6.20 Å². The summed E-state index contributed by atoms with van der Waals surface area (Å²) >= 11 is 0. The molecule has 0 saturated carbocycles. The van der Waals surface area contributed by atoms with Crippen LogP contribution in [0.4, 0.5) is 22.0 Å². The van der Waals surface area contributed by atoms with Gasteiger partial charge in [-0.1, -0.05) is 0 Å². The summed E-state index contributed by atoms with van der Waals surface area (Å²) in [5.41, 5.74) is -0.968. The molecular weight excluding hydrogens is 225 g/mol. The number of pyridine rings is 1. The molecule has 1 rings (SSSR count). The Kier molecular flexibility index (Phi) is 2.96. The van der Waals surface area contributed by atoms with Crippen molar-refractivity contribution in [2.45, 2.75) is 12.8 Å². The molecule has 15 heavy (non-hydrogen) atoms. The van der Waals surface area contributed by atoms with Crippen molar-refractivity contribution in [1.82, 2.24) is 4.98 Å². The molecule has 1 heterocycles. The molecule has 0 unspecified atom stereocenters. The van der Waals surface area contributed by atoms with Gasteiger partial charge in [-0.3, -0.25) is 0 Å². The molecule has 0 aliphatic carbocycles. The fourth-order valence-corrected chi connectivity index (χ4v) is 0.809. The molecule has 0 atom stereocenters. The summed E-state index contributed by atoms with van der Waals surface area (Å²) < 4.78 is 62.5. The maximum absolute atomic E-state index is 12.1. The molecule has 8 heteroatoms. The van der Waals surface area contributed by atoms with Crippen molar-refractivity contribution in [3.8, 4) is 11.6 Å². The van der Waals surface area contributed by atoms with E-state index >= 15 is 0 Å². The zero-order chi connectivity index (χ0) is 11.6. The molecule has 3 nitrogen and oxygen atoms in total. The number of hydrogen-bond acceptors (Lipinski definition) is 3. The van der Waals surface area contributed by atoms with Crippen LogP contribution in [0.15, 0.2) is 12.3 Å². The molecule has 0 aliphatic rings. The van der Waals surface area contributed by atoms with Crippen LogP contribution < -0.4 is 4.74 Å². The average Bonchev–Trinajstić information content (AvgIpc) is 2.05. The first-order valence-corrected chi connectivity index (χ1v) is 3.53. The van der Waals surface area contributed by atoms with Crippen LogP contribution in [0.25, 0.3) is 0 Å². The number of rotatable bonds is 2. The van der Waals surface area contributed by atoms with Crippen LogP contribution in [-0.4, -0.2) is 16.5 Å². The van der Waals surface area contributed by atoms with Crippen molar-refractivity contribution < 1.29 is 31.8 Å². The molecule has 0 fully saturated rings. The Balaban J connectivity index is 3.05. The van der Waals surface area contributed by atoms with Crippen molar-refractivity contribution in [1.29, 1.82) is 0 Å². The molecule has 84 valence electrons. The second kappa shape index (κ2) is 3.87. The van der Waals surface area contributed by atoms with Crippen molar-refractivity contribution >= 4 is 0 Å².